The lowest BCUT2D eigenvalue weighted by molar-refractivity contribution is -0.144. The molecular formula is C29H36N4O6. The molecule has 10 heteroatoms. The van der Waals surface area contributed by atoms with Gasteiger partial charge in [0, 0.05) is 13.0 Å². The van der Waals surface area contributed by atoms with E-state index in [-0.39, 0.29) is 26.0 Å². The number of nitrogens with one attached hydrogen (secondary N) is 2. The Morgan fingerprint density at radius 3 is 2.18 bits per heavy atom. The predicted octanol–water partition coefficient (Wildman–Crippen LogP) is 3.29. The van der Waals surface area contributed by atoms with Crippen molar-refractivity contribution < 1.29 is 28.7 Å². The van der Waals surface area contributed by atoms with E-state index in [1.165, 1.54) is 0 Å². The normalized spacial score (nSPS) is 12.3. The minimum atomic E-state index is -1.20. The van der Waals surface area contributed by atoms with Crippen LogP contribution in [0.15, 0.2) is 60.7 Å². The Bertz CT molecular complexity index is 1140. The van der Waals surface area contributed by atoms with E-state index in [4.69, 9.17) is 9.47 Å². The predicted molar refractivity (Wildman–Crippen MR) is 144 cm³/mol. The van der Waals surface area contributed by atoms with Gasteiger partial charge in [-0.05, 0) is 38.8 Å². The summed E-state index contributed by atoms with van der Waals surface area (Å²) in [6.07, 6.45) is -0.749. The van der Waals surface area contributed by atoms with Gasteiger partial charge in [0.15, 0.2) is 0 Å². The number of hydrogen-bond acceptors (Lipinski definition) is 7. The molecule has 2 atom stereocenters. The second kappa shape index (κ2) is 15.1. The summed E-state index contributed by atoms with van der Waals surface area (Å²) in [4.78, 5) is 52.9. The maximum atomic E-state index is 14.0. The van der Waals surface area contributed by atoms with Crippen LogP contribution in [0.2, 0.25) is 0 Å². The molecule has 0 radical (unpaired) electrons. The van der Waals surface area contributed by atoms with Gasteiger partial charge in [0.25, 0.3) is 0 Å². The fourth-order valence-corrected chi connectivity index (χ4v) is 3.80. The third-order valence-corrected chi connectivity index (χ3v) is 5.40. The zero-order chi connectivity index (χ0) is 28.8. The molecule has 2 rings (SSSR count). The highest BCUT2D eigenvalue weighted by Gasteiger charge is 2.36. The summed E-state index contributed by atoms with van der Waals surface area (Å²) >= 11 is 0. The van der Waals surface area contributed by atoms with Crippen LogP contribution >= 0.6 is 0 Å². The van der Waals surface area contributed by atoms with Gasteiger partial charge >= 0.3 is 12.1 Å². The number of ether oxygens (including phenoxy) is 2. The largest absolute Gasteiger partial charge is 0.466 e. The van der Waals surface area contributed by atoms with Gasteiger partial charge in [-0.15, -0.1) is 0 Å². The highest BCUT2D eigenvalue weighted by atomic mass is 16.6. The van der Waals surface area contributed by atoms with Gasteiger partial charge in [-0.25, -0.2) is 4.79 Å². The van der Waals surface area contributed by atoms with Crippen molar-refractivity contribution in [1.82, 2.24) is 15.5 Å². The minimum absolute atomic E-state index is 0.0147. The summed E-state index contributed by atoms with van der Waals surface area (Å²) in [5.74, 6) is -1.69. The zero-order valence-corrected chi connectivity index (χ0v) is 22.8. The number of rotatable bonds is 12. The Morgan fingerprint density at radius 1 is 1.00 bits per heavy atom. The van der Waals surface area contributed by atoms with Gasteiger partial charge in [0.2, 0.25) is 11.8 Å². The molecule has 3 amide bonds. The summed E-state index contributed by atoms with van der Waals surface area (Å²) in [6.45, 7) is 6.57. The van der Waals surface area contributed by atoms with Crippen molar-refractivity contribution in [3.05, 3.63) is 71.8 Å². The first-order valence-electron chi connectivity index (χ1n) is 12.7. The van der Waals surface area contributed by atoms with Crippen LogP contribution in [0.3, 0.4) is 0 Å². The van der Waals surface area contributed by atoms with Crippen molar-refractivity contribution in [3.63, 3.8) is 0 Å². The number of nitriles is 1. The molecule has 0 bridgehead atoms. The number of amides is 3. The van der Waals surface area contributed by atoms with Crippen LogP contribution in [-0.4, -0.2) is 60.1 Å². The molecule has 0 aliphatic rings. The summed E-state index contributed by atoms with van der Waals surface area (Å²) in [7, 11) is 0. The molecule has 39 heavy (non-hydrogen) atoms. The number of benzene rings is 2. The number of alkyl carbamates (subject to hydrolysis) is 1. The molecule has 0 saturated carbocycles. The Morgan fingerprint density at radius 2 is 1.62 bits per heavy atom. The molecule has 0 heterocycles. The maximum Gasteiger partial charge on any atom is 0.408 e. The monoisotopic (exact) mass is 536 g/mol. The summed E-state index contributed by atoms with van der Waals surface area (Å²) in [5.41, 5.74) is 0.423. The van der Waals surface area contributed by atoms with Crippen molar-refractivity contribution in [2.45, 2.75) is 58.2 Å². The van der Waals surface area contributed by atoms with E-state index >= 15 is 0 Å². The van der Waals surface area contributed by atoms with Crippen LogP contribution in [0.5, 0.6) is 0 Å². The highest BCUT2D eigenvalue weighted by Crippen LogP contribution is 2.23. The molecule has 0 aliphatic carbocycles. The smallest absolute Gasteiger partial charge is 0.408 e. The van der Waals surface area contributed by atoms with E-state index in [1.807, 2.05) is 24.3 Å². The van der Waals surface area contributed by atoms with E-state index in [0.29, 0.717) is 5.56 Å². The number of esters is 1. The molecule has 0 saturated heterocycles. The van der Waals surface area contributed by atoms with Crippen LogP contribution in [0, 0.1) is 11.3 Å². The van der Waals surface area contributed by atoms with Crippen LogP contribution in [0.25, 0.3) is 0 Å². The lowest BCUT2D eigenvalue weighted by atomic mass is 10.0. The maximum absolute atomic E-state index is 14.0. The summed E-state index contributed by atoms with van der Waals surface area (Å²) in [6, 6.07) is 17.2. The van der Waals surface area contributed by atoms with Crippen molar-refractivity contribution >= 4 is 23.9 Å². The Balaban J connectivity index is 2.41. The van der Waals surface area contributed by atoms with E-state index < -0.39 is 48.1 Å². The SMILES string of the molecule is CCOC(=O)CCNC(=O)C(c1ccccc1)N(CC#N)C(=O)C(Cc1ccccc1)NC(=O)OC(C)(C)C. The molecule has 2 unspecified atom stereocenters. The second-order valence-corrected chi connectivity index (χ2v) is 9.67. The molecule has 208 valence electrons. The van der Waals surface area contributed by atoms with E-state index in [9.17, 15) is 24.4 Å². The number of hydrogen-bond donors (Lipinski definition) is 2. The molecule has 2 aromatic carbocycles. The quantitative estimate of drug-likeness (QED) is 0.314. The Labute approximate surface area is 229 Å². The lowest BCUT2D eigenvalue weighted by Crippen LogP contribution is -2.54. The van der Waals surface area contributed by atoms with E-state index in [0.717, 1.165) is 10.5 Å². The number of carbonyl (C=O) groups is 4. The average Bonchev–Trinajstić information content (AvgIpc) is 2.88. The topological polar surface area (TPSA) is 138 Å². The standard InChI is InChI=1S/C29H36N4O6/c1-5-38-24(34)16-18-31-26(35)25(22-14-10-7-11-15-22)33(19-17-30)27(36)23(20-21-12-8-6-9-13-21)32-28(37)39-29(2,3)4/h6-15,23,25H,5,16,18-20H2,1-4H3,(H,31,35)(H,32,37). The van der Waals surface area contributed by atoms with Crippen molar-refractivity contribution in [2.24, 2.45) is 0 Å². The number of carbonyl (C=O) groups excluding carboxylic acids is 4. The summed E-state index contributed by atoms with van der Waals surface area (Å²) in [5, 5.41) is 14.9. The zero-order valence-electron chi connectivity index (χ0n) is 22.8. The second-order valence-electron chi connectivity index (χ2n) is 9.67. The molecule has 10 nitrogen and oxygen atoms in total. The molecule has 2 N–H and O–H groups in total. The number of nitrogens with zero attached hydrogens (tertiary/aromatic N) is 2. The fraction of sp³-hybridized carbons (Fsp3) is 0.414. The van der Waals surface area contributed by atoms with Gasteiger partial charge < -0.3 is 25.0 Å². The molecule has 0 aromatic heterocycles. The lowest BCUT2D eigenvalue weighted by Gasteiger charge is -2.33. The van der Waals surface area contributed by atoms with Gasteiger partial charge in [-0.2, -0.15) is 5.26 Å². The van der Waals surface area contributed by atoms with Crippen molar-refractivity contribution in [3.8, 4) is 6.07 Å². The Kier molecular flexibility index (Phi) is 12.0. The average molecular weight is 537 g/mol. The third-order valence-electron chi connectivity index (χ3n) is 5.40. The first-order valence-corrected chi connectivity index (χ1v) is 12.7. The molecule has 0 fully saturated rings. The van der Waals surface area contributed by atoms with Gasteiger partial charge in [-0.3, -0.25) is 14.4 Å². The van der Waals surface area contributed by atoms with E-state index in [1.54, 1.807) is 70.2 Å². The molecule has 0 spiro atoms. The van der Waals surface area contributed by atoms with Crippen LogP contribution in [0.4, 0.5) is 4.79 Å². The molecular weight excluding hydrogens is 500 g/mol. The fourth-order valence-electron chi connectivity index (χ4n) is 3.80. The van der Waals surface area contributed by atoms with Gasteiger partial charge in [0.1, 0.15) is 24.2 Å². The minimum Gasteiger partial charge on any atom is -0.466 e. The van der Waals surface area contributed by atoms with Gasteiger partial charge in [0.05, 0.1) is 19.1 Å². The summed E-state index contributed by atoms with van der Waals surface area (Å²) < 4.78 is 10.3. The van der Waals surface area contributed by atoms with Crippen molar-refractivity contribution in [1.29, 1.82) is 5.26 Å². The highest BCUT2D eigenvalue weighted by molar-refractivity contribution is 5.92. The Hall–Kier alpha value is -4.39. The van der Waals surface area contributed by atoms with Gasteiger partial charge in [-0.1, -0.05) is 60.7 Å². The van der Waals surface area contributed by atoms with Crippen LogP contribution in [0.1, 0.15) is 51.3 Å². The first-order chi connectivity index (χ1) is 18.6. The van der Waals surface area contributed by atoms with Crippen LogP contribution in [-0.2, 0) is 30.3 Å². The molecule has 2 aromatic rings. The first kappa shape index (κ1) is 30.8. The third kappa shape index (κ3) is 10.5. The van der Waals surface area contributed by atoms with Crippen LogP contribution < -0.4 is 10.6 Å². The van der Waals surface area contributed by atoms with Crippen molar-refractivity contribution in [2.75, 3.05) is 19.7 Å². The molecule has 0 aliphatic heterocycles. The van der Waals surface area contributed by atoms with E-state index in [2.05, 4.69) is 10.6 Å².